The summed E-state index contributed by atoms with van der Waals surface area (Å²) in [5.41, 5.74) is 2.89. The Labute approximate surface area is 86.9 Å². The van der Waals surface area contributed by atoms with Crippen molar-refractivity contribution in [3.8, 4) is 5.75 Å². The van der Waals surface area contributed by atoms with E-state index in [-0.39, 0.29) is 0 Å². The van der Waals surface area contributed by atoms with Gasteiger partial charge in [-0.25, -0.2) is 4.98 Å². The SMILES string of the molecule is Cc1[nH]c2ncc(OB(O)O)cc2c1C. The van der Waals surface area contributed by atoms with E-state index in [4.69, 9.17) is 14.7 Å². The van der Waals surface area contributed by atoms with Crippen molar-refractivity contribution in [2.24, 2.45) is 0 Å². The van der Waals surface area contributed by atoms with Crippen LogP contribution in [0.1, 0.15) is 11.3 Å². The van der Waals surface area contributed by atoms with Crippen LogP contribution in [0.2, 0.25) is 0 Å². The molecule has 0 saturated heterocycles. The topological polar surface area (TPSA) is 78.4 Å². The molecular formula is C9H11BN2O3. The number of fused-ring (bicyclic) bond motifs is 1. The van der Waals surface area contributed by atoms with E-state index in [1.54, 1.807) is 6.07 Å². The molecule has 6 heteroatoms. The molecule has 0 spiro atoms. The smallest absolute Gasteiger partial charge is 0.511 e. The van der Waals surface area contributed by atoms with Gasteiger partial charge in [-0.3, -0.25) is 0 Å². The molecule has 0 aliphatic heterocycles. The number of rotatable bonds is 2. The monoisotopic (exact) mass is 206 g/mol. The molecule has 2 aromatic heterocycles. The number of nitrogens with zero attached hydrogens (tertiary/aromatic N) is 1. The zero-order valence-electron chi connectivity index (χ0n) is 8.48. The van der Waals surface area contributed by atoms with Crippen molar-refractivity contribution in [3.63, 3.8) is 0 Å². The summed E-state index contributed by atoms with van der Waals surface area (Å²) in [6, 6.07) is 1.72. The Hall–Kier alpha value is -1.53. The molecule has 2 aromatic rings. The predicted octanol–water partition coefficient (Wildman–Crippen LogP) is 0.528. The molecule has 0 unspecified atom stereocenters. The van der Waals surface area contributed by atoms with Crippen LogP contribution in [0, 0.1) is 13.8 Å². The molecule has 5 nitrogen and oxygen atoms in total. The first-order valence-corrected chi connectivity index (χ1v) is 4.55. The first-order valence-electron chi connectivity index (χ1n) is 4.55. The third kappa shape index (κ3) is 1.81. The third-order valence-corrected chi connectivity index (χ3v) is 2.38. The van der Waals surface area contributed by atoms with Crippen molar-refractivity contribution in [2.75, 3.05) is 0 Å². The van der Waals surface area contributed by atoms with Gasteiger partial charge in [0, 0.05) is 11.1 Å². The highest BCUT2D eigenvalue weighted by atomic mass is 16.6. The van der Waals surface area contributed by atoms with E-state index in [2.05, 4.69) is 9.97 Å². The second-order valence-electron chi connectivity index (χ2n) is 3.39. The van der Waals surface area contributed by atoms with Gasteiger partial charge in [-0.2, -0.15) is 0 Å². The quantitative estimate of drug-likeness (QED) is 0.626. The summed E-state index contributed by atoms with van der Waals surface area (Å²) in [6.45, 7) is 3.92. The van der Waals surface area contributed by atoms with Gasteiger partial charge in [-0.1, -0.05) is 0 Å². The molecule has 0 aromatic carbocycles. The van der Waals surface area contributed by atoms with Crippen molar-refractivity contribution in [2.45, 2.75) is 13.8 Å². The fraction of sp³-hybridized carbons (Fsp3) is 0.222. The van der Waals surface area contributed by atoms with E-state index in [0.717, 1.165) is 22.3 Å². The van der Waals surface area contributed by atoms with Gasteiger partial charge in [0.1, 0.15) is 11.4 Å². The Kier molecular flexibility index (Phi) is 2.38. The zero-order chi connectivity index (χ0) is 11.0. The van der Waals surface area contributed by atoms with Crippen LogP contribution in [0.15, 0.2) is 12.3 Å². The summed E-state index contributed by atoms with van der Waals surface area (Å²) >= 11 is 0. The standard InChI is InChI=1S/C9H11BN2O3/c1-5-6(2)12-9-8(5)3-7(4-11-9)15-10(13)14/h3-4,13-14H,1-2H3,(H,11,12). The minimum Gasteiger partial charge on any atom is -0.511 e. The Balaban J connectivity index is 2.49. The molecule has 0 aliphatic rings. The van der Waals surface area contributed by atoms with Crippen LogP contribution in [0.5, 0.6) is 5.75 Å². The van der Waals surface area contributed by atoms with Crippen molar-refractivity contribution in [1.29, 1.82) is 0 Å². The average Bonchev–Trinajstić information content (AvgIpc) is 2.43. The van der Waals surface area contributed by atoms with Gasteiger partial charge in [0.25, 0.3) is 0 Å². The lowest BCUT2D eigenvalue weighted by molar-refractivity contribution is 0.288. The van der Waals surface area contributed by atoms with Gasteiger partial charge in [0.2, 0.25) is 0 Å². The van der Waals surface area contributed by atoms with Gasteiger partial charge in [0.15, 0.2) is 0 Å². The number of hydrogen-bond donors (Lipinski definition) is 3. The largest absolute Gasteiger partial charge is 0.707 e. The predicted molar refractivity (Wildman–Crippen MR) is 56.4 cm³/mol. The lowest BCUT2D eigenvalue weighted by Gasteiger charge is -2.03. The summed E-state index contributed by atoms with van der Waals surface area (Å²) in [7, 11) is -1.82. The highest BCUT2D eigenvalue weighted by molar-refractivity contribution is 6.33. The van der Waals surface area contributed by atoms with Crippen LogP contribution in [-0.2, 0) is 0 Å². The maximum Gasteiger partial charge on any atom is 0.707 e. The summed E-state index contributed by atoms with van der Waals surface area (Å²) in [6.07, 6.45) is 1.44. The summed E-state index contributed by atoms with van der Waals surface area (Å²) in [5, 5.41) is 18.2. The molecule has 78 valence electrons. The number of aromatic amines is 1. The van der Waals surface area contributed by atoms with Crippen LogP contribution in [0.4, 0.5) is 0 Å². The van der Waals surface area contributed by atoms with E-state index in [0.29, 0.717) is 5.75 Å². The Morgan fingerprint density at radius 2 is 2.13 bits per heavy atom. The Bertz CT molecular complexity index is 495. The van der Waals surface area contributed by atoms with Crippen molar-refractivity contribution in [1.82, 2.24) is 9.97 Å². The zero-order valence-corrected chi connectivity index (χ0v) is 8.48. The first kappa shape index (κ1) is 10.0. The number of pyridine rings is 1. The summed E-state index contributed by atoms with van der Waals surface area (Å²) < 4.78 is 4.72. The van der Waals surface area contributed by atoms with Crippen LogP contribution >= 0.6 is 0 Å². The number of hydrogen-bond acceptors (Lipinski definition) is 4. The minimum absolute atomic E-state index is 0.333. The minimum atomic E-state index is -1.82. The maximum absolute atomic E-state index is 8.65. The number of nitrogens with one attached hydrogen (secondary N) is 1. The second kappa shape index (κ2) is 3.56. The summed E-state index contributed by atoms with van der Waals surface area (Å²) in [4.78, 5) is 7.23. The maximum atomic E-state index is 8.65. The highest BCUT2D eigenvalue weighted by Crippen LogP contribution is 2.23. The molecule has 15 heavy (non-hydrogen) atoms. The van der Waals surface area contributed by atoms with Crippen LogP contribution in [0.25, 0.3) is 11.0 Å². The molecule has 0 atom stereocenters. The van der Waals surface area contributed by atoms with Crippen molar-refractivity contribution >= 4 is 18.4 Å². The van der Waals surface area contributed by atoms with Crippen LogP contribution in [-0.4, -0.2) is 27.3 Å². The van der Waals surface area contributed by atoms with Crippen LogP contribution < -0.4 is 4.65 Å². The van der Waals surface area contributed by atoms with E-state index >= 15 is 0 Å². The molecule has 0 fully saturated rings. The number of aryl methyl sites for hydroxylation is 2. The molecule has 0 bridgehead atoms. The van der Waals surface area contributed by atoms with Crippen LogP contribution in [0.3, 0.4) is 0 Å². The highest BCUT2D eigenvalue weighted by Gasteiger charge is 2.13. The Morgan fingerprint density at radius 3 is 2.80 bits per heavy atom. The summed E-state index contributed by atoms with van der Waals surface area (Å²) in [5.74, 6) is 0.333. The van der Waals surface area contributed by atoms with E-state index in [9.17, 15) is 0 Å². The third-order valence-electron chi connectivity index (χ3n) is 2.38. The molecule has 2 heterocycles. The second-order valence-corrected chi connectivity index (χ2v) is 3.39. The van der Waals surface area contributed by atoms with Gasteiger partial charge in [0.05, 0.1) is 6.20 Å². The van der Waals surface area contributed by atoms with E-state index in [1.807, 2.05) is 13.8 Å². The van der Waals surface area contributed by atoms with Gasteiger partial charge >= 0.3 is 7.32 Å². The first-order chi connectivity index (χ1) is 7.08. The molecular weight excluding hydrogens is 195 g/mol. The molecule has 2 rings (SSSR count). The average molecular weight is 206 g/mol. The van der Waals surface area contributed by atoms with Crippen molar-refractivity contribution < 1.29 is 14.7 Å². The van der Waals surface area contributed by atoms with E-state index in [1.165, 1.54) is 6.20 Å². The van der Waals surface area contributed by atoms with Gasteiger partial charge in [-0.05, 0) is 25.5 Å². The molecule has 0 saturated carbocycles. The Morgan fingerprint density at radius 1 is 1.40 bits per heavy atom. The number of aromatic nitrogens is 2. The fourth-order valence-corrected chi connectivity index (χ4v) is 1.49. The van der Waals surface area contributed by atoms with Gasteiger partial charge < -0.3 is 19.7 Å². The number of H-pyrrole nitrogens is 1. The normalized spacial score (nSPS) is 10.7. The molecule has 3 N–H and O–H groups in total. The molecule has 0 amide bonds. The molecule has 0 radical (unpaired) electrons. The van der Waals surface area contributed by atoms with Crippen molar-refractivity contribution in [3.05, 3.63) is 23.5 Å². The molecule has 0 aliphatic carbocycles. The van der Waals surface area contributed by atoms with E-state index < -0.39 is 7.32 Å². The lowest BCUT2D eigenvalue weighted by Crippen LogP contribution is -2.20. The van der Waals surface area contributed by atoms with Gasteiger partial charge in [-0.15, -0.1) is 0 Å². The lowest BCUT2D eigenvalue weighted by atomic mass is 10.2. The fourth-order valence-electron chi connectivity index (χ4n) is 1.49.